The van der Waals surface area contributed by atoms with E-state index in [0.717, 1.165) is 0 Å². The van der Waals surface area contributed by atoms with Crippen molar-refractivity contribution in [2.75, 3.05) is 0 Å². The van der Waals surface area contributed by atoms with Gasteiger partial charge in [-0.3, -0.25) is 10.8 Å². The Hall–Kier alpha value is -2.15. The van der Waals surface area contributed by atoms with Crippen molar-refractivity contribution >= 4 is 12.3 Å². The Labute approximate surface area is 75.4 Å². The van der Waals surface area contributed by atoms with Crippen LogP contribution in [-0.4, -0.2) is 12.3 Å². The fourth-order valence-electron chi connectivity index (χ4n) is 0.823. The molecule has 1 rings (SSSR count). The largest absolute Gasteiger partial charge is 0.428 e. The molecule has 0 radical (unpaired) electrons. The summed E-state index contributed by atoms with van der Waals surface area (Å²) in [5, 5.41) is 22.4. The first kappa shape index (κ1) is 8.94. The molecule has 2 N–H and O–H groups in total. The van der Waals surface area contributed by atoms with Crippen LogP contribution in [0.15, 0.2) is 24.3 Å². The normalized spacial score (nSPS) is 8.54. The van der Waals surface area contributed by atoms with Crippen molar-refractivity contribution < 1.29 is 4.74 Å². The van der Waals surface area contributed by atoms with E-state index in [2.05, 4.69) is 4.74 Å². The van der Waals surface area contributed by atoms with Gasteiger partial charge in [-0.25, -0.2) is 0 Å². The average molecular weight is 173 g/mol. The second-order valence-corrected chi connectivity index (χ2v) is 2.25. The summed E-state index contributed by atoms with van der Waals surface area (Å²) in [6.45, 7) is 0. The molecule has 0 atom stereocenters. The zero-order valence-electron chi connectivity index (χ0n) is 6.74. The molecule has 64 valence electrons. The number of rotatable bonds is 2. The minimum Gasteiger partial charge on any atom is -0.428 e. The number of benzene rings is 1. The lowest BCUT2D eigenvalue weighted by Gasteiger charge is -2.00. The average Bonchev–Trinajstić information content (AvgIpc) is 2.18. The Morgan fingerprint density at radius 2 is 2.00 bits per heavy atom. The van der Waals surface area contributed by atoms with Gasteiger partial charge in [0.25, 0.3) is 0 Å². The van der Waals surface area contributed by atoms with E-state index in [1.54, 1.807) is 24.3 Å². The van der Waals surface area contributed by atoms with Crippen molar-refractivity contribution in [2.45, 2.75) is 0 Å². The van der Waals surface area contributed by atoms with Crippen molar-refractivity contribution in [3.8, 4) is 6.07 Å². The number of hydrogen-bond donors (Lipinski definition) is 2. The van der Waals surface area contributed by atoms with Gasteiger partial charge >= 0.3 is 0 Å². The van der Waals surface area contributed by atoms with Crippen molar-refractivity contribution in [3.63, 3.8) is 0 Å². The van der Waals surface area contributed by atoms with E-state index >= 15 is 0 Å². The summed E-state index contributed by atoms with van der Waals surface area (Å²) in [7, 11) is 0. The molecular weight excluding hydrogens is 166 g/mol. The molecule has 0 aliphatic rings. The highest BCUT2D eigenvalue weighted by atomic mass is 16.5. The van der Waals surface area contributed by atoms with Gasteiger partial charge in [0, 0.05) is 5.56 Å². The van der Waals surface area contributed by atoms with Gasteiger partial charge in [-0.15, -0.1) is 0 Å². The van der Waals surface area contributed by atoms with Crippen LogP contribution in [0, 0.1) is 22.1 Å². The van der Waals surface area contributed by atoms with Crippen LogP contribution in [0.25, 0.3) is 0 Å². The molecule has 4 heteroatoms. The van der Waals surface area contributed by atoms with Crippen LogP contribution in [0.3, 0.4) is 0 Å². The summed E-state index contributed by atoms with van der Waals surface area (Å²) < 4.78 is 4.54. The molecule has 0 aliphatic carbocycles. The van der Waals surface area contributed by atoms with E-state index in [-0.39, 0.29) is 5.90 Å². The Morgan fingerprint density at radius 1 is 1.38 bits per heavy atom. The summed E-state index contributed by atoms with van der Waals surface area (Å²) >= 11 is 0. The third kappa shape index (κ3) is 2.14. The van der Waals surface area contributed by atoms with Crippen molar-refractivity contribution in [3.05, 3.63) is 35.4 Å². The molecule has 4 nitrogen and oxygen atoms in total. The summed E-state index contributed by atoms with van der Waals surface area (Å²) in [4.78, 5) is 0. The number of hydrogen-bond acceptors (Lipinski definition) is 4. The van der Waals surface area contributed by atoms with E-state index < -0.39 is 0 Å². The van der Waals surface area contributed by atoms with Gasteiger partial charge in [0.1, 0.15) is 0 Å². The second kappa shape index (κ2) is 4.02. The highest BCUT2D eigenvalue weighted by Crippen LogP contribution is 2.04. The fourth-order valence-corrected chi connectivity index (χ4v) is 0.823. The van der Waals surface area contributed by atoms with Crippen LogP contribution in [0.4, 0.5) is 0 Å². The van der Waals surface area contributed by atoms with Gasteiger partial charge in [0.05, 0.1) is 11.6 Å². The first-order chi connectivity index (χ1) is 6.27. The maximum atomic E-state index is 8.50. The standard InChI is InChI=1S/C9H7N3O/c10-5-7-1-3-8(4-2-7)9(12)13-6-11/h1-4,6,11-12H. The third-order valence-electron chi connectivity index (χ3n) is 1.45. The molecule has 0 unspecified atom stereocenters. The molecule has 0 fully saturated rings. The highest BCUT2D eigenvalue weighted by Gasteiger charge is 2.00. The Balaban J connectivity index is 2.87. The van der Waals surface area contributed by atoms with E-state index in [1.807, 2.05) is 6.07 Å². The van der Waals surface area contributed by atoms with E-state index in [0.29, 0.717) is 17.5 Å². The van der Waals surface area contributed by atoms with Gasteiger partial charge in [-0.1, -0.05) is 0 Å². The third-order valence-corrected chi connectivity index (χ3v) is 1.45. The first-order valence-corrected chi connectivity index (χ1v) is 3.52. The molecule has 0 heterocycles. The van der Waals surface area contributed by atoms with Crippen molar-refractivity contribution in [2.24, 2.45) is 0 Å². The van der Waals surface area contributed by atoms with Gasteiger partial charge in [-0.05, 0) is 24.3 Å². The molecule has 0 aromatic heterocycles. The minimum atomic E-state index is -0.0977. The summed E-state index contributed by atoms with van der Waals surface area (Å²) in [5.41, 5.74) is 1.08. The quantitative estimate of drug-likeness (QED) is 0.525. The Morgan fingerprint density at radius 3 is 2.46 bits per heavy atom. The van der Waals surface area contributed by atoms with Crippen molar-refractivity contribution in [1.82, 2.24) is 0 Å². The topological polar surface area (TPSA) is 80.7 Å². The zero-order chi connectivity index (χ0) is 9.68. The molecule has 0 amide bonds. The van der Waals surface area contributed by atoms with Crippen molar-refractivity contribution in [1.29, 1.82) is 16.1 Å². The lowest BCUT2D eigenvalue weighted by Crippen LogP contribution is -2.02. The van der Waals surface area contributed by atoms with Gasteiger partial charge in [0.15, 0.2) is 6.40 Å². The van der Waals surface area contributed by atoms with Crippen LogP contribution < -0.4 is 0 Å². The molecule has 0 spiro atoms. The SMILES string of the molecule is N#Cc1ccc(C(=N)OC=N)cc1. The maximum Gasteiger partial charge on any atom is 0.220 e. The summed E-state index contributed by atoms with van der Waals surface area (Å²) in [6.07, 6.45) is 0.695. The van der Waals surface area contributed by atoms with Crippen LogP contribution >= 0.6 is 0 Å². The maximum absolute atomic E-state index is 8.50. The molecular formula is C9H7N3O. The number of nitrogens with zero attached hydrogens (tertiary/aromatic N) is 1. The number of ether oxygens (including phenoxy) is 1. The Bertz CT molecular complexity index is 361. The van der Waals surface area contributed by atoms with Gasteiger partial charge < -0.3 is 4.74 Å². The molecule has 0 saturated heterocycles. The first-order valence-electron chi connectivity index (χ1n) is 3.52. The summed E-state index contributed by atoms with van der Waals surface area (Å²) in [5.74, 6) is -0.0977. The van der Waals surface area contributed by atoms with E-state index in [1.165, 1.54) is 0 Å². The summed E-state index contributed by atoms with van der Waals surface area (Å²) in [6, 6.07) is 8.36. The van der Waals surface area contributed by atoms with E-state index in [9.17, 15) is 0 Å². The van der Waals surface area contributed by atoms with E-state index in [4.69, 9.17) is 16.1 Å². The monoisotopic (exact) mass is 173 g/mol. The molecule has 0 bridgehead atoms. The smallest absolute Gasteiger partial charge is 0.220 e. The molecule has 1 aromatic carbocycles. The number of nitrogens with one attached hydrogen (secondary N) is 2. The number of nitriles is 1. The Kier molecular flexibility index (Phi) is 2.77. The highest BCUT2D eigenvalue weighted by molar-refractivity contribution is 5.95. The molecule has 0 aliphatic heterocycles. The van der Waals surface area contributed by atoms with Gasteiger partial charge in [-0.2, -0.15) is 5.26 Å². The van der Waals surface area contributed by atoms with Gasteiger partial charge in [0.2, 0.25) is 5.90 Å². The zero-order valence-corrected chi connectivity index (χ0v) is 6.74. The van der Waals surface area contributed by atoms with Crippen LogP contribution in [0.1, 0.15) is 11.1 Å². The fraction of sp³-hybridized carbons (Fsp3) is 0. The predicted octanol–water partition coefficient (Wildman–Crippen LogP) is 1.51. The molecule has 1 aromatic rings. The van der Waals surface area contributed by atoms with Crippen LogP contribution in [-0.2, 0) is 4.74 Å². The minimum absolute atomic E-state index is 0.0977. The second-order valence-electron chi connectivity index (χ2n) is 2.25. The molecule has 13 heavy (non-hydrogen) atoms. The predicted molar refractivity (Wildman–Crippen MR) is 47.9 cm³/mol. The van der Waals surface area contributed by atoms with Crippen LogP contribution in [0.2, 0.25) is 0 Å². The van der Waals surface area contributed by atoms with Crippen LogP contribution in [0.5, 0.6) is 0 Å². The lowest BCUT2D eigenvalue weighted by molar-refractivity contribution is 0.561. The lowest BCUT2D eigenvalue weighted by atomic mass is 10.1. The molecule has 0 saturated carbocycles.